The second-order valence-electron chi connectivity index (χ2n) is 0. The van der Waals surface area contributed by atoms with Crippen molar-refractivity contribution in [1.29, 1.82) is 0 Å². The van der Waals surface area contributed by atoms with E-state index in [1.807, 2.05) is 0 Å². The maximum atomic E-state index is 0. The van der Waals surface area contributed by atoms with Crippen LogP contribution in [0.4, 0.5) is 0 Å². The molecule has 0 aliphatic rings. The Morgan fingerprint density at radius 1 is 0.143 bits per heavy atom. The van der Waals surface area contributed by atoms with E-state index in [9.17, 15) is 0 Å². The van der Waals surface area contributed by atoms with Gasteiger partial charge in [0.15, 0.2) is 0 Å². The molecule has 0 bridgehead atoms. The molecule has 0 unspecified atom stereocenters. The normalized spacial score (nSPS) is 0. The smallest absolute Gasteiger partial charge is 0 e. The van der Waals surface area contributed by atoms with E-state index in [1.54, 1.807) is 0 Å². The molecule has 0 aromatic heterocycles. The topological polar surface area (TPSA) is 0 Å². The van der Waals surface area contributed by atoms with Crippen molar-refractivity contribution in [3.05, 3.63) is 0 Å². The van der Waals surface area contributed by atoms with Crippen LogP contribution in [0.15, 0.2) is 0 Å². The fourth-order valence-corrected chi connectivity index (χ4v) is 0. The number of hydrogen-bond donors (Lipinski definition) is 0. The van der Waals surface area contributed by atoms with Crippen molar-refractivity contribution in [2.45, 2.75) is 0 Å². The minimum atomic E-state index is 0. The minimum absolute atomic E-state index is 0. The maximum Gasteiger partial charge on any atom is 0 e. The van der Waals surface area contributed by atoms with Crippen LogP contribution in [0.3, 0.4) is 0 Å². The van der Waals surface area contributed by atoms with Crippen molar-refractivity contribution in [3.8, 4) is 0 Å². The van der Waals surface area contributed by atoms with Gasteiger partial charge in [-0.15, -0.1) is 0 Å². The van der Waals surface area contributed by atoms with Gasteiger partial charge in [-0.3, -0.25) is 0 Å². The molecule has 7 heteroatoms. The largest absolute Gasteiger partial charge is 0 e. The van der Waals surface area contributed by atoms with Gasteiger partial charge < -0.3 is 0 Å². The van der Waals surface area contributed by atoms with Crippen LogP contribution in [-0.2, 0) is 229 Å². The summed E-state index contributed by atoms with van der Waals surface area (Å²) < 4.78 is 0. The molecule has 0 rings (SSSR count). The summed E-state index contributed by atoms with van der Waals surface area (Å²) in [6.45, 7) is 0. The van der Waals surface area contributed by atoms with Gasteiger partial charge in [-0.25, -0.2) is 0 Å². The Balaban J connectivity index is 0. The van der Waals surface area contributed by atoms with Gasteiger partial charge in [0.2, 0.25) is 0 Å². The molecule has 0 atom stereocenters. The van der Waals surface area contributed by atoms with Crippen LogP contribution in [-0.4, -0.2) is 0 Å². The van der Waals surface area contributed by atoms with Gasteiger partial charge in [0.1, 0.15) is 0 Å². The molecule has 0 nitrogen and oxygen atoms in total. The van der Waals surface area contributed by atoms with Crippen molar-refractivity contribution in [2.75, 3.05) is 0 Å². The van der Waals surface area contributed by atoms with Crippen molar-refractivity contribution in [2.24, 2.45) is 0 Å². The molecule has 0 heterocycles. The van der Waals surface area contributed by atoms with Gasteiger partial charge in [0.05, 0.1) is 0 Å². The predicted molar refractivity (Wildman–Crippen MR) is 0 cm³/mol. The molecule has 0 saturated carbocycles. The van der Waals surface area contributed by atoms with Crippen molar-refractivity contribution < 1.29 is 229 Å². The third-order valence-electron chi connectivity index (χ3n) is 0. The molecule has 0 aliphatic carbocycles. The van der Waals surface area contributed by atoms with Crippen LogP contribution >= 0.6 is 0 Å². The summed E-state index contributed by atoms with van der Waals surface area (Å²) in [6.07, 6.45) is 0. The summed E-state index contributed by atoms with van der Waals surface area (Å²) in [5, 5.41) is 0. The van der Waals surface area contributed by atoms with Gasteiger partial charge in [-0.05, 0) is 0 Å². The molecule has 21 valence electrons. The van der Waals surface area contributed by atoms with Gasteiger partial charge in [0.25, 0.3) is 0 Å². The zero-order valence-electron chi connectivity index (χ0n) is 4.04. The Morgan fingerprint density at radius 2 is 0.143 bits per heavy atom. The summed E-state index contributed by atoms with van der Waals surface area (Å²) in [7, 11) is 0. The fourth-order valence-electron chi connectivity index (χ4n) is 0. The minimum Gasteiger partial charge on any atom is 0 e. The molecule has 0 saturated heterocycles. The van der Waals surface area contributed by atoms with Crippen LogP contribution in [0.25, 0.3) is 0 Å². The first-order valence-electron chi connectivity index (χ1n) is 0. The van der Waals surface area contributed by atoms with Crippen LogP contribution in [0.1, 0.15) is 0 Å². The molecule has 7 heavy (non-hydrogen) atoms. The first-order valence-corrected chi connectivity index (χ1v) is 0. The standard InChI is InChI=1S/7Y. The second kappa shape index (κ2) is 37.2. The zero-order valence-corrected chi connectivity index (χ0v) is 23.9. The molecule has 0 N–H and O–H groups in total. The molecule has 0 amide bonds. The summed E-state index contributed by atoms with van der Waals surface area (Å²) in [6, 6.07) is 0. The van der Waals surface area contributed by atoms with E-state index in [0.29, 0.717) is 0 Å². The second-order valence-corrected chi connectivity index (χ2v) is 0. The van der Waals surface area contributed by atoms with Crippen LogP contribution in [0, 0.1) is 0 Å². The van der Waals surface area contributed by atoms with Crippen molar-refractivity contribution in [3.63, 3.8) is 0 Å². The fraction of sp³-hybridized carbons (Fsp3) is 0. The average Bonchev–Trinajstić information content (AvgIpc) is 0. The SMILES string of the molecule is [Y].[Y].[Y].[Y].[Y].[Y].[Y]. The van der Waals surface area contributed by atoms with E-state index in [0.717, 1.165) is 0 Å². The van der Waals surface area contributed by atoms with E-state index >= 15 is 0 Å². The summed E-state index contributed by atoms with van der Waals surface area (Å²) in [4.78, 5) is 0. The molecule has 0 aromatic carbocycles. The van der Waals surface area contributed by atoms with E-state index in [1.165, 1.54) is 0 Å². The van der Waals surface area contributed by atoms with Crippen molar-refractivity contribution in [1.82, 2.24) is 0 Å². The molecular formula is Y7. The van der Waals surface area contributed by atoms with Crippen LogP contribution in [0.2, 0.25) is 0 Å². The summed E-state index contributed by atoms with van der Waals surface area (Å²) in [5.74, 6) is 0. The molecule has 0 aromatic rings. The first-order chi connectivity index (χ1) is 0. The number of hydrogen-bond acceptors (Lipinski definition) is 0. The Bertz CT molecular complexity index is 0. The van der Waals surface area contributed by atoms with Gasteiger partial charge in [0, 0.05) is 229 Å². The van der Waals surface area contributed by atoms with E-state index in [4.69, 9.17) is 0 Å². The monoisotopic (exact) mass is 622 g/mol. The van der Waals surface area contributed by atoms with E-state index in [2.05, 4.69) is 0 Å². The number of rotatable bonds is 0. The van der Waals surface area contributed by atoms with Crippen molar-refractivity contribution >= 4 is 0 Å². The Morgan fingerprint density at radius 3 is 0.143 bits per heavy atom. The van der Waals surface area contributed by atoms with Gasteiger partial charge in [-0.2, -0.15) is 0 Å². The van der Waals surface area contributed by atoms with E-state index < -0.39 is 0 Å². The molecular weight excluding hydrogens is 622 g/mol. The summed E-state index contributed by atoms with van der Waals surface area (Å²) >= 11 is 0. The maximum absolute atomic E-state index is 0. The van der Waals surface area contributed by atoms with E-state index in [-0.39, 0.29) is 229 Å². The summed E-state index contributed by atoms with van der Waals surface area (Å²) in [5.41, 5.74) is 0. The van der Waals surface area contributed by atoms with Crippen LogP contribution in [0.5, 0.6) is 0 Å². The molecule has 0 fully saturated rings. The quantitative estimate of drug-likeness (QED) is 0.357. The first kappa shape index (κ1) is 46.5. The molecule has 0 spiro atoms. The third-order valence-corrected chi connectivity index (χ3v) is 0. The Labute approximate surface area is 221 Å². The average molecular weight is 622 g/mol. The Kier molecular flexibility index (Phi) is 247. The van der Waals surface area contributed by atoms with Gasteiger partial charge >= 0.3 is 0 Å². The Hall–Kier alpha value is 7.73. The van der Waals surface area contributed by atoms with Gasteiger partial charge in [-0.1, -0.05) is 0 Å². The zero-order chi connectivity index (χ0) is 0. The van der Waals surface area contributed by atoms with Crippen LogP contribution < -0.4 is 0 Å². The molecule has 7 radical (unpaired) electrons. The predicted octanol–water partition coefficient (Wildman–Crippen LogP) is -0.0175. The third kappa shape index (κ3) is 31.6. The molecule has 0 aliphatic heterocycles.